The monoisotopic (exact) mass is 213 g/mol. The van der Waals surface area contributed by atoms with Crippen molar-refractivity contribution in [1.82, 2.24) is 4.98 Å². The molecule has 2 N–H and O–H groups in total. The van der Waals surface area contributed by atoms with Crippen LogP contribution in [0.1, 0.15) is 24.4 Å². The van der Waals surface area contributed by atoms with E-state index in [9.17, 15) is 0 Å². The Kier molecular flexibility index (Phi) is 3.17. The third kappa shape index (κ3) is 2.07. The number of hydrogen-bond donors (Lipinski definition) is 1. The van der Waals surface area contributed by atoms with E-state index in [-0.39, 0.29) is 5.54 Å². The van der Waals surface area contributed by atoms with E-state index in [1.807, 2.05) is 14.0 Å². The summed E-state index contributed by atoms with van der Waals surface area (Å²) in [6, 6.07) is 0. The van der Waals surface area contributed by atoms with Crippen molar-refractivity contribution < 1.29 is 0 Å². The first kappa shape index (κ1) is 11.5. The van der Waals surface area contributed by atoms with Crippen LogP contribution in [0.3, 0.4) is 0 Å². The Bertz CT molecular complexity index is 298. The quantitative estimate of drug-likeness (QED) is 0.834. The third-order valence-corrected chi connectivity index (χ3v) is 3.86. The van der Waals surface area contributed by atoms with Crippen molar-refractivity contribution in [2.24, 2.45) is 5.73 Å². The number of anilines is 1. The predicted octanol–water partition coefficient (Wildman–Crippen LogP) is 1.93. The summed E-state index contributed by atoms with van der Waals surface area (Å²) in [4.78, 5) is 7.94. The van der Waals surface area contributed by atoms with Gasteiger partial charge in [-0.2, -0.15) is 0 Å². The van der Waals surface area contributed by atoms with E-state index in [1.54, 1.807) is 11.3 Å². The van der Waals surface area contributed by atoms with Gasteiger partial charge < -0.3 is 10.6 Å². The highest BCUT2D eigenvalue weighted by Gasteiger charge is 2.24. The molecule has 3 nitrogen and oxygen atoms in total. The van der Waals surface area contributed by atoms with Crippen LogP contribution in [0.15, 0.2) is 0 Å². The number of rotatable bonds is 3. The summed E-state index contributed by atoms with van der Waals surface area (Å²) in [5.74, 6) is 0. The Morgan fingerprint density at radius 1 is 1.43 bits per heavy atom. The molecule has 0 radical (unpaired) electrons. The third-order valence-electron chi connectivity index (χ3n) is 2.71. The van der Waals surface area contributed by atoms with Gasteiger partial charge in [0.1, 0.15) is 0 Å². The number of nitrogens with zero attached hydrogens (tertiary/aromatic N) is 2. The lowest BCUT2D eigenvalue weighted by atomic mass is 10.1. The molecule has 1 aromatic heterocycles. The van der Waals surface area contributed by atoms with Gasteiger partial charge >= 0.3 is 0 Å². The van der Waals surface area contributed by atoms with Crippen LogP contribution >= 0.6 is 11.3 Å². The largest absolute Gasteiger partial charge is 0.345 e. The van der Waals surface area contributed by atoms with Gasteiger partial charge in [0.05, 0.1) is 5.69 Å². The molecule has 0 spiro atoms. The molecule has 4 heteroatoms. The summed E-state index contributed by atoms with van der Waals surface area (Å²) in [6.07, 6.45) is 0. The second kappa shape index (κ2) is 3.87. The Morgan fingerprint density at radius 3 is 2.36 bits per heavy atom. The minimum atomic E-state index is -0.0310. The van der Waals surface area contributed by atoms with Crippen LogP contribution in [0.4, 0.5) is 5.13 Å². The number of thiazole rings is 1. The summed E-state index contributed by atoms with van der Waals surface area (Å²) in [7, 11) is 2.05. The summed E-state index contributed by atoms with van der Waals surface area (Å²) in [6.45, 7) is 9.01. The van der Waals surface area contributed by atoms with Gasteiger partial charge in [-0.05, 0) is 27.7 Å². The minimum Gasteiger partial charge on any atom is -0.345 e. The van der Waals surface area contributed by atoms with Crippen LogP contribution in [-0.2, 0) is 0 Å². The molecular formula is C10H19N3S. The second-order valence-electron chi connectivity index (χ2n) is 4.21. The van der Waals surface area contributed by atoms with Gasteiger partial charge in [0, 0.05) is 24.0 Å². The Balaban J connectivity index is 2.94. The Labute approximate surface area is 89.9 Å². The molecule has 14 heavy (non-hydrogen) atoms. The minimum absolute atomic E-state index is 0.0310. The van der Waals surface area contributed by atoms with Crippen LogP contribution in [0.25, 0.3) is 0 Å². The zero-order valence-corrected chi connectivity index (χ0v) is 10.4. The number of hydrogen-bond acceptors (Lipinski definition) is 4. The van der Waals surface area contributed by atoms with Crippen molar-refractivity contribution in [3.05, 3.63) is 10.6 Å². The van der Waals surface area contributed by atoms with Crippen LogP contribution in [0.2, 0.25) is 0 Å². The van der Waals surface area contributed by atoms with Gasteiger partial charge in [-0.1, -0.05) is 0 Å². The van der Waals surface area contributed by atoms with Crippen molar-refractivity contribution in [2.75, 3.05) is 18.5 Å². The molecule has 0 amide bonds. The zero-order valence-electron chi connectivity index (χ0n) is 9.59. The molecule has 0 saturated heterocycles. The van der Waals surface area contributed by atoms with E-state index in [0.717, 1.165) is 10.8 Å². The average molecular weight is 213 g/mol. The molecule has 0 unspecified atom stereocenters. The lowest BCUT2D eigenvalue weighted by Crippen LogP contribution is -2.47. The van der Waals surface area contributed by atoms with E-state index in [2.05, 4.69) is 30.7 Å². The van der Waals surface area contributed by atoms with Gasteiger partial charge in [0.15, 0.2) is 5.13 Å². The molecule has 1 aromatic rings. The van der Waals surface area contributed by atoms with Crippen molar-refractivity contribution in [3.8, 4) is 0 Å². The first-order chi connectivity index (χ1) is 6.38. The topological polar surface area (TPSA) is 42.2 Å². The Hall–Kier alpha value is -0.610. The first-order valence-corrected chi connectivity index (χ1v) is 5.58. The normalized spacial score (nSPS) is 11.9. The second-order valence-corrected chi connectivity index (χ2v) is 5.40. The van der Waals surface area contributed by atoms with Crippen molar-refractivity contribution in [2.45, 2.75) is 33.2 Å². The van der Waals surface area contributed by atoms with Gasteiger partial charge in [-0.3, -0.25) is 0 Å². The highest BCUT2D eigenvalue weighted by atomic mass is 32.1. The maximum Gasteiger partial charge on any atom is 0.185 e. The first-order valence-electron chi connectivity index (χ1n) is 4.76. The maximum absolute atomic E-state index is 5.72. The maximum atomic E-state index is 5.72. The molecule has 0 aliphatic rings. The van der Waals surface area contributed by atoms with E-state index in [1.165, 1.54) is 4.88 Å². The summed E-state index contributed by atoms with van der Waals surface area (Å²) in [5, 5.41) is 1.05. The van der Waals surface area contributed by atoms with Crippen molar-refractivity contribution >= 4 is 16.5 Å². The summed E-state index contributed by atoms with van der Waals surface area (Å²) >= 11 is 1.72. The lowest BCUT2D eigenvalue weighted by Gasteiger charge is -2.34. The van der Waals surface area contributed by atoms with Gasteiger partial charge in [0.25, 0.3) is 0 Å². The van der Waals surface area contributed by atoms with Gasteiger partial charge in [-0.15, -0.1) is 11.3 Å². The fraction of sp³-hybridized carbons (Fsp3) is 0.700. The van der Waals surface area contributed by atoms with Gasteiger partial charge in [0.2, 0.25) is 0 Å². The molecule has 0 aromatic carbocycles. The predicted molar refractivity (Wildman–Crippen MR) is 63.1 cm³/mol. The molecule has 0 bridgehead atoms. The van der Waals surface area contributed by atoms with Crippen LogP contribution in [0, 0.1) is 13.8 Å². The van der Waals surface area contributed by atoms with E-state index in [0.29, 0.717) is 6.54 Å². The van der Waals surface area contributed by atoms with E-state index >= 15 is 0 Å². The highest BCUT2D eigenvalue weighted by molar-refractivity contribution is 7.15. The number of nitrogens with two attached hydrogens (primary N) is 1. The van der Waals surface area contributed by atoms with E-state index in [4.69, 9.17) is 5.73 Å². The number of aryl methyl sites for hydroxylation is 2. The fourth-order valence-corrected chi connectivity index (χ4v) is 2.03. The molecule has 0 atom stereocenters. The lowest BCUT2D eigenvalue weighted by molar-refractivity contribution is 0.497. The molecular weight excluding hydrogens is 194 g/mol. The molecule has 0 aliphatic heterocycles. The van der Waals surface area contributed by atoms with Crippen LogP contribution < -0.4 is 10.6 Å². The highest BCUT2D eigenvalue weighted by Crippen LogP contribution is 2.28. The molecule has 0 saturated carbocycles. The SMILES string of the molecule is Cc1nc(N(C)C(C)(C)CN)sc1C. The van der Waals surface area contributed by atoms with Crippen molar-refractivity contribution in [1.29, 1.82) is 0 Å². The average Bonchev–Trinajstić information content (AvgIpc) is 2.45. The zero-order chi connectivity index (χ0) is 10.9. The molecule has 1 heterocycles. The fourth-order valence-electron chi connectivity index (χ4n) is 0.995. The van der Waals surface area contributed by atoms with Crippen LogP contribution in [-0.4, -0.2) is 24.1 Å². The van der Waals surface area contributed by atoms with E-state index < -0.39 is 0 Å². The smallest absolute Gasteiger partial charge is 0.185 e. The summed E-state index contributed by atoms with van der Waals surface area (Å²) < 4.78 is 0. The van der Waals surface area contributed by atoms with Gasteiger partial charge in [-0.25, -0.2) is 4.98 Å². The number of likely N-dealkylation sites (N-methyl/N-ethyl adjacent to an activating group) is 1. The molecule has 0 aliphatic carbocycles. The summed E-state index contributed by atoms with van der Waals surface area (Å²) in [5.41, 5.74) is 6.81. The van der Waals surface area contributed by atoms with Crippen molar-refractivity contribution in [3.63, 3.8) is 0 Å². The molecule has 80 valence electrons. The Morgan fingerprint density at radius 2 is 2.00 bits per heavy atom. The molecule has 0 fully saturated rings. The molecule has 1 rings (SSSR count). The number of aromatic nitrogens is 1. The standard InChI is InChI=1S/C10H19N3S/c1-7-8(2)14-9(12-7)13(5)10(3,4)6-11/h6,11H2,1-5H3. The van der Waals surface area contributed by atoms with Crippen LogP contribution in [0.5, 0.6) is 0 Å².